The molecular weight excluding hydrogens is 270 g/mol. The SMILES string of the molecule is Cc1ccc(C(=O)Nc2cnn(C(C)(C)C(=O)O)c2)cc1. The number of aryl methyl sites for hydroxylation is 1. The molecule has 0 spiro atoms. The second-order valence-electron chi connectivity index (χ2n) is 5.36. The highest BCUT2D eigenvalue weighted by Crippen LogP contribution is 2.17. The third-order valence-corrected chi connectivity index (χ3v) is 3.25. The minimum atomic E-state index is -1.17. The number of nitrogens with one attached hydrogen (secondary N) is 1. The molecule has 0 aliphatic rings. The molecule has 1 aromatic heterocycles. The molecule has 2 rings (SSSR count). The largest absolute Gasteiger partial charge is 0.479 e. The Hall–Kier alpha value is -2.63. The van der Waals surface area contributed by atoms with Gasteiger partial charge in [0.15, 0.2) is 5.54 Å². The first kappa shape index (κ1) is 14.8. The number of carbonyl (C=O) groups is 2. The molecule has 0 atom stereocenters. The zero-order chi connectivity index (χ0) is 15.6. The fourth-order valence-corrected chi connectivity index (χ4v) is 1.70. The lowest BCUT2D eigenvalue weighted by atomic mass is 10.1. The lowest BCUT2D eigenvalue weighted by molar-refractivity contribution is -0.146. The molecule has 0 saturated carbocycles. The van der Waals surface area contributed by atoms with E-state index in [2.05, 4.69) is 10.4 Å². The van der Waals surface area contributed by atoms with Gasteiger partial charge in [0.2, 0.25) is 0 Å². The molecule has 21 heavy (non-hydrogen) atoms. The quantitative estimate of drug-likeness (QED) is 0.903. The lowest BCUT2D eigenvalue weighted by Gasteiger charge is -2.19. The molecule has 0 unspecified atom stereocenters. The van der Waals surface area contributed by atoms with Gasteiger partial charge in [-0.2, -0.15) is 5.10 Å². The summed E-state index contributed by atoms with van der Waals surface area (Å²) in [4.78, 5) is 23.2. The van der Waals surface area contributed by atoms with E-state index in [1.54, 1.807) is 12.1 Å². The fraction of sp³-hybridized carbons (Fsp3) is 0.267. The van der Waals surface area contributed by atoms with Crippen LogP contribution in [0.5, 0.6) is 0 Å². The molecule has 2 N–H and O–H groups in total. The van der Waals surface area contributed by atoms with Crippen LogP contribution >= 0.6 is 0 Å². The van der Waals surface area contributed by atoms with E-state index in [-0.39, 0.29) is 5.91 Å². The lowest BCUT2D eigenvalue weighted by Crippen LogP contribution is -2.35. The zero-order valence-electron chi connectivity index (χ0n) is 12.1. The van der Waals surface area contributed by atoms with Gasteiger partial charge in [0.1, 0.15) is 0 Å². The standard InChI is InChI=1S/C15H17N3O3/c1-10-4-6-11(7-5-10)13(19)17-12-8-16-18(9-12)15(2,3)14(20)21/h4-9H,1-3H3,(H,17,19)(H,20,21). The summed E-state index contributed by atoms with van der Waals surface area (Å²) < 4.78 is 1.31. The Bertz CT molecular complexity index is 672. The number of carbonyl (C=O) groups excluding carboxylic acids is 1. The van der Waals surface area contributed by atoms with Gasteiger partial charge in [-0.15, -0.1) is 0 Å². The van der Waals surface area contributed by atoms with Crippen LogP contribution in [0.2, 0.25) is 0 Å². The normalized spacial score (nSPS) is 11.2. The minimum Gasteiger partial charge on any atom is -0.479 e. The number of hydrogen-bond donors (Lipinski definition) is 2. The van der Waals surface area contributed by atoms with E-state index >= 15 is 0 Å². The maximum absolute atomic E-state index is 12.1. The van der Waals surface area contributed by atoms with Gasteiger partial charge in [-0.1, -0.05) is 17.7 Å². The summed E-state index contributed by atoms with van der Waals surface area (Å²) in [5.74, 6) is -1.26. The summed E-state index contributed by atoms with van der Waals surface area (Å²) in [6.07, 6.45) is 2.93. The van der Waals surface area contributed by atoms with Crippen LogP contribution in [0.1, 0.15) is 29.8 Å². The Morgan fingerprint density at radius 1 is 1.24 bits per heavy atom. The van der Waals surface area contributed by atoms with Crippen LogP contribution in [-0.2, 0) is 10.3 Å². The number of benzene rings is 1. The predicted molar refractivity (Wildman–Crippen MR) is 78.3 cm³/mol. The van der Waals surface area contributed by atoms with Crippen LogP contribution in [0.25, 0.3) is 0 Å². The van der Waals surface area contributed by atoms with Crippen LogP contribution in [-0.4, -0.2) is 26.8 Å². The number of anilines is 1. The highest BCUT2D eigenvalue weighted by atomic mass is 16.4. The molecule has 0 saturated heterocycles. The van der Waals surface area contributed by atoms with Gasteiger partial charge in [0.25, 0.3) is 5.91 Å². The van der Waals surface area contributed by atoms with Gasteiger partial charge in [-0.25, -0.2) is 4.79 Å². The average Bonchev–Trinajstić information content (AvgIpc) is 2.88. The fourth-order valence-electron chi connectivity index (χ4n) is 1.70. The highest BCUT2D eigenvalue weighted by Gasteiger charge is 2.30. The monoisotopic (exact) mass is 287 g/mol. The van der Waals surface area contributed by atoms with Crippen molar-refractivity contribution in [2.24, 2.45) is 0 Å². The van der Waals surface area contributed by atoms with Crippen molar-refractivity contribution in [1.82, 2.24) is 9.78 Å². The molecule has 1 heterocycles. The number of amides is 1. The van der Waals surface area contributed by atoms with Crippen molar-refractivity contribution in [2.75, 3.05) is 5.32 Å². The van der Waals surface area contributed by atoms with Crippen molar-refractivity contribution < 1.29 is 14.7 Å². The molecule has 6 heteroatoms. The molecule has 110 valence electrons. The van der Waals surface area contributed by atoms with E-state index < -0.39 is 11.5 Å². The molecular formula is C15H17N3O3. The van der Waals surface area contributed by atoms with E-state index in [4.69, 9.17) is 5.11 Å². The van der Waals surface area contributed by atoms with Crippen molar-refractivity contribution in [3.63, 3.8) is 0 Å². The molecule has 2 aromatic rings. The first-order valence-corrected chi connectivity index (χ1v) is 6.47. The van der Waals surface area contributed by atoms with Crippen molar-refractivity contribution in [2.45, 2.75) is 26.3 Å². The minimum absolute atomic E-state index is 0.261. The second kappa shape index (κ2) is 5.40. The Labute approximate surface area is 122 Å². The Morgan fingerprint density at radius 2 is 1.86 bits per heavy atom. The van der Waals surface area contributed by atoms with Crippen molar-refractivity contribution in [3.05, 3.63) is 47.8 Å². The van der Waals surface area contributed by atoms with Crippen molar-refractivity contribution in [1.29, 1.82) is 0 Å². The van der Waals surface area contributed by atoms with Crippen LogP contribution in [0.3, 0.4) is 0 Å². The number of nitrogens with zero attached hydrogens (tertiary/aromatic N) is 2. The van der Waals surface area contributed by atoms with Crippen LogP contribution in [0, 0.1) is 6.92 Å². The second-order valence-corrected chi connectivity index (χ2v) is 5.36. The Morgan fingerprint density at radius 3 is 2.43 bits per heavy atom. The summed E-state index contributed by atoms with van der Waals surface area (Å²) in [5.41, 5.74) is 0.885. The van der Waals surface area contributed by atoms with Crippen LogP contribution in [0.4, 0.5) is 5.69 Å². The molecule has 1 amide bonds. The number of aliphatic carboxylic acids is 1. The van der Waals surface area contributed by atoms with E-state index in [0.717, 1.165) is 5.56 Å². The van der Waals surface area contributed by atoms with Crippen LogP contribution < -0.4 is 5.32 Å². The Balaban J connectivity index is 2.14. The number of aromatic nitrogens is 2. The average molecular weight is 287 g/mol. The summed E-state index contributed by atoms with van der Waals surface area (Å²) in [5, 5.41) is 15.8. The smallest absolute Gasteiger partial charge is 0.331 e. The van der Waals surface area contributed by atoms with Gasteiger partial charge in [-0.3, -0.25) is 9.48 Å². The molecule has 0 radical (unpaired) electrons. The predicted octanol–water partition coefficient (Wildman–Crippen LogP) is 2.26. The van der Waals surface area contributed by atoms with E-state index in [1.807, 2.05) is 19.1 Å². The van der Waals surface area contributed by atoms with Gasteiger partial charge < -0.3 is 10.4 Å². The number of carboxylic acid groups (broad SMARTS) is 1. The first-order chi connectivity index (χ1) is 9.80. The first-order valence-electron chi connectivity index (χ1n) is 6.47. The van der Waals surface area contributed by atoms with E-state index in [1.165, 1.54) is 30.9 Å². The van der Waals surface area contributed by atoms with Gasteiger partial charge in [0, 0.05) is 11.8 Å². The molecule has 0 aliphatic carbocycles. The molecule has 0 aliphatic heterocycles. The number of carboxylic acids is 1. The molecule has 1 aromatic carbocycles. The van der Waals surface area contributed by atoms with E-state index in [0.29, 0.717) is 11.3 Å². The molecule has 0 fully saturated rings. The maximum atomic E-state index is 12.1. The summed E-state index contributed by atoms with van der Waals surface area (Å²) in [6, 6.07) is 7.17. The third-order valence-electron chi connectivity index (χ3n) is 3.25. The summed E-state index contributed by atoms with van der Waals surface area (Å²) >= 11 is 0. The highest BCUT2D eigenvalue weighted by molar-refractivity contribution is 6.04. The van der Waals surface area contributed by atoms with Gasteiger partial charge >= 0.3 is 5.97 Å². The summed E-state index contributed by atoms with van der Waals surface area (Å²) in [6.45, 7) is 5.02. The third kappa shape index (κ3) is 3.10. The Kier molecular flexibility index (Phi) is 3.80. The molecule has 0 bridgehead atoms. The van der Waals surface area contributed by atoms with Gasteiger partial charge in [0.05, 0.1) is 11.9 Å². The number of rotatable bonds is 4. The topological polar surface area (TPSA) is 84.2 Å². The van der Waals surface area contributed by atoms with Crippen LogP contribution in [0.15, 0.2) is 36.7 Å². The zero-order valence-corrected chi connectivity index (χ0v) is 12.1. The maximum Gasteiger partial charge on any atom is 0.331 e. The summed E-state index contributed by atoms with van der Waals surface area (Å²) in [7, 11) is 0. The van der Waals surface area contributed by atoms with Crippen molar-refractivity contribution in [3.8, 4) is 0 Å². The van der Waals surface area contributed by atoms with Gasteiger partial charge in [-0.05, 0) is 32.9 Å². The van der Waals surface area contributed by atoms with E-state index in [9.17, 15) is 9.59 Å². The van der Waals surface area contributed by atoms with Crippen molar-refractivity contribution >= 4 is 17.6 Å². The number of hydrogen-bond acceptors (Lipinski definition) is 3. The molecule has 6 nitrogen and oxygen atoms in total.